The van der Waals surface area contributed by atoms with E-state index in [0.29, 0.717) is 12.1 Å². The van der Waals surface area contributed by atoms with Crippen molar-refractivity contribution in [2.75, 3.05) is 0 Å². The van der Waals surface area contributed by atoms with Gasteiger partial charge in [-0.1, -0.05) is 18.9 Å². The minimum atomic E-state index is 0.459. The van der Waals surface area contributed by atoms with Gasteiger partial charge in [-0.2, -0.15) is 0 Å². The molecule has 1 rings (SSSR count). The maximum Gasteiger partial charge on any atom is 0.0221 e. The fourth-order valence-corrected chi connectivity index (χ4v) is 2.08. The average molecular weight is 167 g/mol. The Morgan fingerprint density at radius 2 is 1.92 bits per heavy atom. The van der Waals surface area contributed by atoms with Crippen LogP contribution in [0.5, 0.6) is 0 Å². The van der Waals surface area contributed by atoms with Crippen molar-refractivity contribution in [2.24, 2.45) is 5.92 Å². The van der Waals surface area contributed by atoms with Crippen molar-refractivity contribution < 1.29 is 0 Å². The topological polar surface area (TPSA) is 12.0 Å². The predicted molar refractivity (Wildman–Crippen MR) is 54.2 cm³/mol. The van der Waals surface area contributed by atoms with Gasteiger partial charge in [-0.05, 0) is 32.6 Å². The number of hydrogen-bond acceptors (Lipinski definition) is 1. The maximum absolute atomic E-state index is 3.78. The molecule has 12 heavy (non-hydrogen) atoms. The molecule has 0 heterocycles. The lowest BCUT2D eigenvalue weighted by molar-refractivity contribution is 0.369. The van der Waals surface area contributed by atoms with Gasteiger partial charge in [-0.3, -0.25) is 0 Å². The first-order chi connectivity index (χ1) is 5.74. The SMILES string of the molecule is C=CC(C)N[C@@H](C)C1CCCC1. The summed E-state index contributed by atoms with van der Waals surface area (Å²) in [6.07, 6.45) is 7.67. The van der Waals surface area contributed by atoms with Crippen LogP contribution in [0.15, 0.2) is 12.7 Å². The monoisotopic (exact) mass is 167 g/mol. The van der Waals surface area contributed by atoms with E-state index in [4.69, 9.17) is 0 Å². The lowest BCUT2D eigenvalue weighted by Gasteiger charge is -2.22. The van der Waals surface area contributed by atoms with Crippen molar-refractivity contribution >= 4 is 0 Å². The van der Waals surface area contributed by atoms with E-state index in [1.165, 1.54) is 25.7 Å². The summed E-state index contributed by atoms with van der Waals surface area (Å²) in [5.74, 6) is 0.910. The van der Waals surface area contributed by atoms with Crippen LogP contribution in [0.3, 0.4) is 0 Å². The number of hydrogen-bond donors (Lipinski definition) is 1. The van der Waals surface area contributed by atoms with E-state index >= 15 is 0 Å². The zero-order valence-corrected chi connectivity index (χ0v) is 8.34. The molecular formula is C11H21N. The normalized spacial score (nSPS) is 23.8. The van der Waals surface area contributed by atoms with Gasteiger partial charge in [0.1, 0.15) is 0 Å². The molecule has 1 fully saturated rings. The highest BCUT2D eigenvalue weighted by Gasteiger charge is 2.21. The summed E-state index contributed by atoms with van der Waals surface area (Å²) in [7, 11) is 0. The molecule has 0 aliphatic heterocycles. The Kier molecular flexibility index (Phi) is 3.80. The molecule has 0 aromatic heterocycles. The fourth-order valence-electron chi connectivity index (χ4n) is 2.08. The fraction of sp³-hybridized carbons (Fsp3) is 0.818. The van der Waals surface area contributed by atoms with Crippen LogP contribution in [0, 0.1) is 5.92 Å². The Hall–Kier alpha value is -0.300. The molecule has 70 valence electrons. The standard InChI is InChI=1S/C11H21N/c1-4-9(2)12-10(3)11-7-5-6-8-11/h4,9-12H,1,5-8H2,2-3H3/t9?,10-/m0/s1. The Morgan fingerprint density at radius 3 is 2.42 bits per heavy atom. The van der Waals surface area contributed by atoms with Crippen LogP contribution in [0.4, 0.5) is 0 Å². The second-order valence-corrected chi connectivity index (χ2v) is 4.02. The largest absolute Gasteiger partial charge is 0.308 e. The summed E-state index contributed by atoms with van der Waals surface area (Å²) >= 11 is 0. The van der Waals surface area contributed by atoms with Gasteiger partial charge in [0.25, 0.3) is 0 Å². The number of rotatable bonds is 4. The molecule has 0 radical (unpaired) electrons. The quantitative estimate of drug-likeness (QED) is 0.635. The van der Waals surface area contributed by atoms with Crippen molar-refractivity contribution in [3.8, 4) is 0 Å². The van der Waals surface area contributed by atoms with Crippen molar-refractivity contribution in [3.05, 3.63) is 12.7 Å². The second kappa shape index (κ2) is 4.66. The minimum Gasteiger partial charge on any atom is -0.308 e. The van der Waals surface area contributed by atoms with Gasteiger partial charge in [0.2, 0.25) is 0 Å². The summed E-state index contributed by atoms with van der Waals surface area (Å²) in [6, 6.07) is 1.13. The van der Waals surface area contributed by atoms with Crippen LogP contribution in [-0.2, 0) is 0 Å². The van der Waals surface area contributed by atoms with Crippen LogP contribution in [0.25, 0.3) is 0 Å². The van der Waals surface area contributed by atoms with Gasteiger partial charge < -0.3 is 5.32 Å². The molecule has 1 nitrogen and oxygen atoms in total. The third-order valence-electron chi connectivity index (χ3n) is 2.99. The summed E-state index contributed by atoms with van der Waals surface area (Å²) < 4.78 is 0. The molecular weight excluding hydrogens is 146 g/mol. The molecule has 1 heteroatoms. The van der Waals surface area contributed by atoms with Crippen LogP contribution >= 0.6 is 0 Å². The first-order valence-electron chi connectivity index (χ1n) is 5.12. The average Bonchev–Trinajstić information content (AvgIpc) is 2.56. The summed E-state index contributed by atoms with van der Waals surface area (Å²) in [5, 5.41) is 3.55. The van der Waals surface area contributed by atoms with Crippen LogP contribution in [0.2, 0.25) is 0 Å². The van der Waals surface area contributed by atoms with Crippen LogP contribution < -0.4 is 5.32 Å². The van der Waals surface area contributed by atoms with Gasteiger partial charge in [-0.25, -0.2) is 0 Å². The van der Waals surface area contributed by atoms with Gasteiger partial charge in [0.05, 0.1) is 0 Å². The highest BCUT2D eigenvalue weighted by molar-refractivity contribution is 4.86. The smallest absolute Gasteiger partial charge is 0.0221 e. The zero-order valence-electron chi connectivity index (χ0n) is 8.34. The Balaban J connectivity index is 2.26. The Bertz CT molecular complexity index is 136. The van der Waals surface area contributed by atoms with E-state index in [2.05, 4.69) is 25.7 Å². The van der Waals surface area contributed by atoms with E-state index in [1.54, 1.807) is 0 Å². The maximum atomic E-state index is 3.78. The van der Waals surface area contributed by atoms with E-state index in [9.17, 15) is 0 Å². The first kappa shape index (κ1) is 9.79. The molecule has 0 amide bonds. The van der Waals surface area contributed by atoms with Crippen molar-refractivity contribution in [1.82, 2.24) is 5.32 Å². The molecule has 0 aromatic carbocycles. The van der Waals surface area contributed by atoms with Crippen molar-refractivity contribution in [3.63, 3.8) is 0 Å². The predicted octanol–water partition coefficient (Wildman–Crippen LogP) is 2.73. The lowest BCUT2D eigenvalue weighted by Crippen LogP contribution is -2.37. The molecule has 1 N–H and O–H groups in total. The third kappa shape index (κ3) is 2.63. The molecule has 0 aromatic rings. The Labute approximate surface area is 76.2 Å². The van der Waals surface area contributed by atoms with Crippen molar-refractivity contribution in [1.29, 1.82) is 0 Å². The molecule has 2 atom stereocenters. The molecule has 1 unspecified atom stereocenters. The molecule has 1 saturated carbocycles. The summed E-state index contributed by atoms with van der Waals surface area (Å²) in [5.41, 5.74) is 0. The second-order valence-electron chi connectivity index (χ2n) is 4.02. The van der Waals surface area contributed by atoms with Crippen LogP contribution in [0.1, 0.15) is 39.5 Å². The van der Waals surface area contributed by atoms with Gasteiger partial charge in [0.15, 0.2) is 0 Å². The first-order valence-corrected chi connectivity index (χ1v) is 5.12. The molecule has 0 saturated heterocycles. The molecule has 0 bridgehead atoms. The van der Waals surface area contributed by atoms with Crippen LogP contribution in [-0.4, -0.2) is 12.1 Å². The van der Waals surface area contributed by atoms with Crippen molar-refractivity contribution in [2.45, 2.75) is 51.6 Å². The third-order valence-corrected chi connectivity index (χ3v) is 2.99. The van der Waals surface area contributed by atoms with E-state index in [0.717, 1.165) is 5.92 Å². The summed E-state index contributed by atoms with van der Waals surface area (Å²) in [4.78, 5) is 0. The van der Waals surface area contributed by atoms with Gasteiger partial charge in [-0.15, -0.1) is 6.58 Å². The van der Waals surface area contributed by atoms with E-state index < -0.39 is 0 Å². The van der Waals surface area contributed by atoms with Gasteiger partial charge >= 0.3 is 0 Å². The minimum absolute atomic E-state index is 0.459. The highest BCUT2D eigenvalue weighted by atomic mass is 14.9. The summed E-state index contributed by atoms with van der Waals surface area (Å²) in [6.45, 7) is 8.24. The zero-order chi connectivity index (χ0) is 8.97. The van der Waals surface area contributed by atoms with E-state index in [1.807, 2.05) is 6.08 Å². The Morgan fingerprint density at radius 1 is 1.33 bits per heavy atom. The molecule has 1 aliphatic rings. The van der Waals surface area contributed by atoms with E-state index in [-0.39, 0.29) is 0 Å². The number of nitrogens with one attached hydrogen (secondary N) is 1. The van der Waals surface area contributed by atoms with Gasteiger partial charge in [0, 0.05) is 12.1 Å². The molecule has 0 spiro atoms. The highest BCUT2D eigenvalue weighted by Crippen LogP contribution is 2.27. The molecule has 1 aliphatic carbocycles. The lowest BCUT2D eigenvalue weighted by atomic mass is 9.99.